The van der Waals surface area contributed by atoms with Gasteiger partial charge in [0.1, 0.15) is 0 Å². The number of hydrogen-bond acceptors (Lipinski definition) is 4. The second-order valence-electron chi connectivity index (χ2n) is 8.38. The first-order chi connectivity index (χ1) is 12.2. The molecule has 0 aliphatic carbocycles. The Balaban J connectivity index is 0.000000701. The van der Waals surface area contributed by atoms with Crippen LogP contribution >= 0.6 is 0 Å². The van der Waals surface area contributed by atoms with Crippen molar-refractivity contribution in [2.75, 3.05) is 72.0 Å². The second-order valence-corrected chi connectivity index (χ2v) is 8.38. The average Bonchev–Trinajstić information content (AvgIpc) is 2.65. The summed E-state index contributed by atoms with van der Waals surface area (Å²) < 4.78 is 0. The van der Waals surface area contributed by atoms with Crippen LogP contribution < -0.4 is 5.32 Å². The van der Waals surface area contributed by atoms with Crippen molar-refractivity contribution in [3.63, 3.8) is 0 Å². The van der Waals surface area contributed by atoms with Gasteiger partial charge >= 0.3 is 0 Å². The van der Waals surface area contributed by atoms with Gasteiger partial charge in [0.15, 0.2) is 0 Å². The predicted molar refractivity (Wildman–Crippen MR) is 109 cm³/mol. The third-order valence-corrected chi connectivity index (χ3v) is 6.10. The molecule has 3 aliphatic heterocycles. The van der Waals surface area contributed by atoms with Crippen molar-refractivity contribution in [2.45, 2.75) is 52.9 Å². The van der Waals surface area contributed by atoms with Crippen LogP contribution in [0.5, 0.6) is 0 Å². The first-order valence-corrected chi connectivity index (χ1v) is 11.1. The van der Waals surface area contributed by atoms with Gasteiger partial charge in [-0.3, -0.25) is 0 Å². The van der Waals surface area contributed by atoms with Crippen LogP contribution in [0.15, 0.2) is 0 Å². The lowest BCUT2D eigenvalue weighted by molar-refractivity contribution is 0.103. The molecule has 1 N–H and O–H groups in total. The van der Waals surface area contributed by atoms with Crippen LogP contribution in [0.25, 0.3) is 0 Å². The number of likely N-dealkylation sites (tertiary alicyclic amines) is 2. The minimum atomic E-state index is 0.955. The Hall–Kier alpha value is -0.160. The van der Waals surface area contributed by atoms with Crippen LogP contribution in [0.3, 0.4) is 0 Å². The Morgan fingerprint density at radius 1 is 0.640 bits per heavy atom. The van der Waals surface area contributed by atoms with E-state index in [4.69, 9.17) is 0 Å². The Morgan fingerprint density at radius 3 is 1.48 bits per heavy atom. The van der Waals surface area contributed by atoms with Gasteiger partial charge in [-0.2, -0.15) is 0 Å². The topological polar surface area (TPSA) is 21.8 Å². The van der Waals surface area contributed by atoms with Gasteiger partial charge in [0.25, 0.3) is 0 Å². The highest BCUT2D eigenvalue weighted by molar-refractivity contribution is 4.80. The first-order valence-electron chi connectivity index (χ1n) is 11.1. The molecule has 0 aromatic carbocycles. The van der Waals surface area contributed by atoms with Gasteiger partial charge in [0.05, 0.1) is 0 Å². The van der Waals surface area contributed by atoms with Crippen molar-refractivity contribution < 1.29 is 0 Å². The molecule has 0 amide bonds. The van der Waals surface area contributed by atoms with Crippen LogP contribution in [0.4, 0.5) is 0 Å². The summed E-state index contributed by atoms with van der Waals surface area (Å²) in [5, 5.41) is 3.46. The molecule has 3 rings (SSSR count). The van der Waals surface area contributed by atoms with E-state index in [1.807, 2.05) is 0 Å². The number of piperazine rings is 1. The SMILES string of the molecule is CCC.CCN1CCC(CN2CCC(CN3CCNCC3)CC2)CC1. The molecule has 0 saturated carbocycles. The van der Waals surface area contributed by atoms with Crippen LogP contribution in [-0.2, 0) is 0 Å². The van der Waals surface area contributed by atoms with Crippen LogP contribution in [0.1, 0.15) is 52.9 Å². The molecule has 25 heavy (non-hydrogen) atoms. The number of nitrogens with one attached hydrogen (secondary N) is 1. The minimum Gasteiger partial charge on any atom is -0.314 e. The van der Waals surface area contributed by atoms with Crippen molar-refractivity contribution in [2.24, 2.45) is 11.8 Å². The van der Waals surface area contributed by atoms with E-state index in [0.29, 0.717) is 0 Å². The lowest BCUT2D eigenvalue weighted by atomic mass is 9.92. The van der Waals surface area contributed by atoms with Crippen molar-refractivity contribution >= 4 is 0 Å². The predicted octanol–water partition coefficient (Wildman–Crippen LogP) is 2.75. The zero-order valence-corrected chi connectivity index (χ0v) is 17.3. The largest absolute Gasteiger partial charge is 0.314 e. The van der Waals surface area contributed by atoms with E-state index in [0.717, 1.165) is 11.8 Å². The molecule has 3 aliphatic rings. The molecule has 0 bridgehead atoms. The van der Waals surface area contributed by atoms with E-state index < -0.39 is 0 Å². The maximum atomic E-state index is 3.46. The van der Waals surface area contributed by atoms with Gasteiger partial charge in [0.2, 0.25) is 0 Å². The Bertz CT molecular complexity index is 314. The standard InChI is InChI=1S/C18H36N4.C3H8/c1-2-20-9-3-17(4-10-20)15-21-11-5-18(6-12-21)16-22-13-7-19-8-14-22;1-3-2/h17-19H,2-16H2,1H3;3H2,1-2H3. The van der Waals surface area contributed by atoms with Crippen molar-refractivity contribution in [1.29, 1.82) is 0 Å². The summed E-state index contributed by atoms with van der Waals surface area (Å²) in [4.78, 5) is 8.05. The molecule has 3 fully saturated rings. The molecule has 148 valence electrons. The van der Waals surface area contributed by atoms with Gasteiger partial charge in [-0.25, -0.2) is 0 Å². The van der Waals surface area contributed by atoms with E-state index in [-0.39, 0.29) is 0 Å². The van der Waals surface area contributed by atoms with Crippen molar-refractivity contribution in [3.05, 3.63) is 0 Å². The Labute approximate surface area is 157 Å². The quantitative estimate of drug-likeness (QED) is 0.821. The van der Waals surface area contributed by atoms with Crippen molar-refractivity contribution in [1.82, 2.24) is 20.0 Å². The molecule has 4 nitrogen and oxygen atoms in total. The Kier molecular flexibility index (Phi) is 10.4. The molecular formula is C21H44N4. The number of rotatable bonds is 5. The number of nitrogens with zero attached hydrogens (tertiary/aromatic N) is 3. The first kappa shape index (κ1) is 21.1. The minimum absolute atomic E-state index is 0.955. The second kappa shape index (κ2) is 12.3. The van der Waals surface area contributed by atoms with Crippen LogP contribution in [-0.4, -0.2) is 86.7 Å². The molecule has 3 heterocycles. The molecule has 0 aromatic heterocycles. The molecule has 0 radical (unpaired) electrons. The van der Waals surface area contributed by atoms with Crippen molar-refractivity contribution in [3.8, 4) is 0 Å². The fraction of sp³-hybridized carbons (Fsp3) is 1.00. The number of hydrogen-bond donors (Lipinski definition) is 1. The molecule has 0 unspecified atom stereocenters. The monoisotopic (exact) mass is 352 g/mol. The Morgan fingerprint density at radius 2 is 1.04 bits per heavy atom. The lowest BCUT2D eigenvalue weighted by Gasteiger charge is -2.39. The van der Waals surface area contributed by atoms with E-state index in [2.05, 4.69) is 40.8 Å². The summed E-state index contributed by atoms with van der Waals surface area (Å²) in [6.45, 7) is 20.8. The average molecular weight is 353 g/mol. The zero-order chi connectivity index (χ0) is 17.9. The maximum absolute atomic E-state index is 3.46. The third kappa shape index (κ3) is 7.94. The highest BCUT2D eigenvalue weighted by Crippen LogP contribution is 2.23. The summed E-state index contributed by atoms with van der Waals surface area (Å²) in [5.74, 6) is 1.92. The molecule has 3 saturated heterocycles. The van der Waals surface area contributed by atoms with Gasteiger partial charge in [-0.1, -0.05) is 27.2 Å². The maximum Gasteiger partial charge on any atom is 0.0107 e. The summed E-state index contributed by atoms with van der Waals surface area (Å²) in [5.41, 5.74) is 0. The van der Waals surface area contributed by atoms with Crippen LogP contribution in [0, 0.1) is 11.8 Å². The summed E-state index contributed by atoms with van der Waals surface area (Å²) in [6.07, 6.45) is 6.96. The fourth-order valence-corrected chi connectivity index (χ4v) is 4.46. The molecular weight excluding hydrogens is 308 g/mol. The molecule has 0 aromatic rings. The van der Waals surface area contributed by atoms with E-state index in [1.54, 1.807) is 0 Å². The highest BCUT2D eigenvalue weighted by Gasteiger charge is 2.25. The van der Waals surface area contributed by atoms with E-state index in [1.165, 1.54) is 104 Å². The summed E-state index contributed by atoms with van der Waals surface area (Å²) in [7, 11) is 0. The molecule has 4 heteroatoms. The zero-order valence-electron chi connectivity index (χ0n) is 17.3. The summed E-state index contributed by atoms with van der Waals surface area (Å²) in [6, 6.07) is 0. The fourth-order valence-electron chi connectivity index (χ4n) is 4.46. The number of piperidine rings is 2. The van der Waals surface area contributed by atoms with Crippen LogP contribution in [0.2, 0.25) is 0 Å². The smallest absolute Gasteiger partial charge is 0.0107 e. The van der Waals surface area contributed by atoms with Gasteiger partial charge < -0.3 is 20.0 Å². The van der Waals surface area contributed by atoms with E-state index >= 15 is 0 Å². The van der Waals surface area contributed by atoms with Gasteiger partial charge in [0, 0.05) is 39.3 Å². The summed E-state index contributed by atoms with van der Waals surface area (Å²) >= 11 is 0. The lowest BCUT2D eigenvalue weighted by Crippen LogP contribution is -2.47. The molecule has 0 atom stereocenters. The normalized spacial score (nSPS) is 25.6. The molecule has 0 spiro atoms. The van der Waals surface area contributed by atoms with E-state index in [9.17, 15) is 0 Å². The van der Waals surface area contributed by atoms with Gasteiger partial charge in [-0.05, 0) is 70.2 Å². The highest BCUT2D eigenvalue weighted by atomic mass is 15.2. The van der Waals surface area contributed by atoms with Gasteiger partial charge in [-0.15, -0.1) is 0 Å². The third-order valence-electron chi connectivity index (χ3n) is 6.10.